The van der Waals surface area contributed by atoms with Gasteiger partial charge < -0.3 is 24.8 Å². The lowest BCUT2D eigenvalue weighted by atomic mass is 10.1. The second-order valence-electron chi connectivity index (χ2n) is 6.93. The molecule has 0 aliphatic carbocycles. The highest BCUT2D eigenvalue weighted by molar-refractivity contribution is 6.31. The fourth-order valence-corrected chi connectivity index (χ4v) is 3.61. The summed E-state index contributed by atoms with van der Waals surface area (Å²) in [5, 5.41) is 6.65. The number of benzene rings is 2. The molecule has 3 aromatic rings. The summed E-state index contributed by atoms with van der Waals surface area (Å²) in [5.74, 6) is 0.409. The number of hydrogen-bond acceptors (Lipinski definition) is 8. The predicted octanol–water partition coefficient (Wildman–Crippen LogP) is 3.88. The second-order valence-corrected chi connectivity index (χ2v) is 7.34. The lowest BCUT2D eigenvalue weighted by Gasteiger charge is -2.17. The van der Waals surface area contributed by atoms with Crippen molar-refractivity contribution in [2.75, 3.05) is 26.1 Å². The van der Waals surface area contributed by atoms with Crippen molar-refractivity contribution in [3.05, 3.63) is 47.5 Å². The molecule has 1 fully saturated rings. The highest BCUT2D eigenvalue weighted by Crippen LogP contribution is 2.36. The third-order valence-corrected chi connectivity index (χ3v) is 5.29. The average molecular weight is 483 g/mol. The molecule has 2 N–H and O–H groups in total. The maximum Gasteiger partial charge on any atom is 0.323 e. The molecule has 1 aliphatic heterocycles. The van der Waals surface area contributed by atoms with Gasteiger partial charge >= 0.3 is 5.97 Å². The Morgan fingerprint density at radius 2 is 2.06 bits per heavy atom. The summed E-state index contributed by atoms with van der Waals surface area (Å²) in [7, 11) is 2.88. The number of halogens is 3. The van der Waals surface area contributed by atoms with Crippen LogP contribution in [0.3, 0.4) is 0 Å². The van der Waals surface area contributed by atoms with E-state index in [2.05, 4.69) is 20.6 Å². The smallest absolute Gasteiger partial charge is 0.323 e. The van der Waals surface area contributed by atoms with Crippen LogP contribution < -0.4 is 20.1 Å². The van der Waals surface area contributed by atoms with Gasteiger partial charge in [-0.2, -0.15) is 0 Å². The Labute approximate surface area is 194 Å². The third-order valence-electron chi connectivity index (χ3n) is 5.00. The number of methoxy groups -OCH3 is 2. The van der Waals surface area contributed by atoms with E-state index in [4.69, 9.17) is 25.8 Å². The number of ether oxygens (including phenoxy) is 3. The van der Waals surface area contributed by atoms with Gasteiger partial charge in [0.25, 0.3) is 0 Å². The number of carbonyl (C=O) groups excluding carboxylic acids is 1. The zero-order valence-corrected chi connectivity index (χ0v) is 18.8. The molecular formula is C21H21Cl2FN4O4. The molecule has 0 bridgehead atoms. The summed E-state index contributed by atoms with van der Waals surface area (Å²) >= 11 is 5.88. The SMILES string of the molecule is COC(=O)[C@@H]1C[C@H](Oc2cc3c(Nc4cccc(Cl)c4F)ncnc3cc2OC)CN1.Cl. The Kier molecular flexibility index (Phi) is 7.55. The van der Waals surface area contributed by atoms with E-state index in [-0.39, 0.29) is 35.2 Å². The molecule has 2 heterocycles. The van der Waals surface area contributed by atoms with Gasteiger partial charge in [0.1, 0.15) is 24.3 Å². The van der Waals surface area contributed by atoms with E-state index >= 15 is 0 Å². The number of esters is 1. The van der Waals surface area contributed by atoms with Gasteiger partial charge in [-0.1, -0.05) is 17.7 Å². The molecule has 0 radical (unpaired) electrons. The maximum absolute atomic E-state index is 14.4. The van der Waals surface area contributed by atoms with Crippen LogP contribution >= 0.6 is 24.0 Å². The molecule has 11 heteroatoms. The lowest BCUT2D eigenvalue weighted by molar-refractivity contribution is -0.142. The zero-order chi connectivity index (χ0) is 22.0. The van der Waals surface area contributed by atoms with Crippen molar-refractivity contribution < 1.29 is 23.4 Å². The molecule has 1 aromatic heterocycles. The molecular weight excluding hydrogens is 462 g/mol. The van der Waals surface area contributed by atoms with E-state index in [0.717, 1.165) is 0 Å². The van der Waals surface area contributed by atoms with Crippen LogP contribution in [0.4, 0.5) is 15.9 Å². The van der Waals surface area contributed by atoms with Crippen LogP contribution in [0.2, 0.25) is 5.02 Å². The van der Waals surface area contributed by atoms with E-state index in [1.807, 2.05) is 0 Å². The van der Waals surface area contributed by atoms with Crippen molar-refractivity contribution in [2.24, 2.45) is 0 Å². The first-order chi connectivity index (χ1) is 15.0. The predicted molar refractivity (Wildman–Crippen MR) is 121 cm³/mol. The van der Waals surface area contributed by atoms with Crippen LogP contribution in [0.25, 0.3) is 10.9 Å². The van der Waals surface area contributed by atoms with Gasteiger partial charge in [-0.15, -0.1) is 12.4 Å². The number of carbonyl (C=O) groups is 1. The third kappa shape index (κ3) is 4.79. The topological polar surface area (TPSA) is 94.6 Å². The van der Waals surface area contributed by atoms with Crippen molar-refractivity contribution in [3.8, 4) is 11.5 Å². The van der Waals surface area contributed by atoms with E-state index in [0.29, 0.717) is 41.2 Å². The van der Waals surface area contributed by atoms with Crippen LogP contribution in [0.1, 0.15) is 6.42 Å². The summed E-state index contributed by atoms with van der Waals surface area (Å²) in [6.07, 6.45) is 1.56. The Hall–Kier alpha value is -2.88. The van der Waals surface area contributed by atoms with E-state index < -0.39 is 11.9 Å². The van der Waals surface area contributed by atoms with Crippen molar-refractivity contribution >= 4 is 52.4 Å². The summed E-state index contributed by atoms with van der Waals surface area (Å²) < 4.78 is 30.7. The van der Waals surface area contributed by atoms with Crippen LogP contribution in [-0.4, -0.2) is 48.8 Å². The van der Waals surface area contributed by atoms with Gasteiger partial charge in [-0.25, -0.2) is 14.4 Å². The number of rotatable bonds is 6. The fourth-order valence-electron chi connectivity index (χ4n) is 3.44. The summed E-state index contributed by atoms with van der Waals surface area (Å²) in [6.45, 7) is 0.477. The number of aromatic nitrogens is 2. The van der Waals surface area contributed by atoms with Gasteiger partial charge in [-0.3, -0.25) is 4.79 Å². The molecule has 0 saturated carbocycles. The van der Waals surface area contributed by atoms with E-state index in [1.165, 1.54) is 26.6 Å². The number of hydrogen-bond donors (Lipinski definition) is 2. The molecule has 2 atom stereocenters. The standard InChI is InChI=1S/C21H20ClFN4O4.ClH/c1-29-17-8-15-12(7-18(17)31-11-6-16(24-9-11)21(28)30-2)20(26-10-25-15)27-14-5-3-4-13(22)19(14)23;/h3-5,7-8,10-11,16,24H,6,9H2,1-2H3,(H,25,26,27);1H/t11-,16-;/m0./s1. The first kappa shape index (κ1) is 23.8. The lowest BCUT2D eigenvalue weighted by Crippen LogP contribution is -2.31. The molecule has 8 nitrogen and oxygen atoms in total. The summed E-state index contributed by atoms with van der Waals surface area (Å²) in [6, 6.07) is 7.69. The van der Waals surface area contributed by atoms with Gasteiger partial charge in [0, 0.05) is 24.4 Å². The molecule has 1 saturated heterocycles. The summed E-state index contributed by atoms with van der Waals surface area (Å²) in [5.41, 5.74) is 0.771. The Morgan fingerprint density at radius 3 is 2.81 bits per heavy atom. The molecule has 2 aromatic carbocycles. The molecule has 0 spiro atoms. The maximum atomic E-state index is 14.4. The van der Waals surface area contributed by atoms with Crippen LogP contribution in [0.5, 0.6) is 11.5 Å². The van der Waals surface area contributed by atoms with Crippen molar-refractivity contribution in [2.45, 2.75) is 18.6 Å². The van der Waals surface area contributed by atoms with Crippen LogP contribution in [-0.2, 0) is 9.53 Å². The normalized spacial score (nSPS) is 17.5. The van der Waals surface area contributed by atoms with Crippen molar-refractivity contribution in [1.82, 2.24) is 15.3 Å². The van der Waals surface area contributed by atoms with Gasteiger partial charge in [0.2, 0.25) is 0 Å². The Bertz CT molecular complexity index is 1130. The van der Waals surface area contributed by atoms with Crippen LogP contribution in [0, 0.1) is 5.82 Å². The van der Waals surface area contributed by atoms with Crippen LogP contribution in [0.15, 0.2) is 36.7 Å². The highest BCUT2D eigenvalue weighted by Gasteiger charge is 2.32. The van der Waals surface area contributed by atoms with Gasteiger partial charge in [0.05, 0.1) is 30.4 Å². The monoisotopic (exact) mass is 482 g/mol. The van der Waals surface area contributed by atoms with E-state index in [1.54, 1.807) is 24.3 Å². The second kappa shape index (κ2) is 10.2. The minimum absolute atomic E-state index is 0. The van der Waals surface area contributed by atoms with E-state index in [9.17, 15) is 9.18 Å². The molecule has 4 rings (SSSR count). The van der Waals surface area contributed by atoms with Gasteiger partial charge in [-0.05, 0) is 18.2 Å². The number of nitrogens with zero attached hydrogens (tertiary/aromatic N) is 2. The molecule has 32 heavy (non-hydrogen) atoms. The first-order valence-electron chi connectivity index (χ1n) is 9.51. The Morgan fingerprint density at radius 1 is 1.25 bits per heavy atom. The first-order valence-corrected chi connectivity index (χ1v) is 9.89. The highest BCUT2D eigenvalue weighted by atomic mass is 35.5. The number of fused-ring (bicyclic) bond motifs is 1. The molecule has 0 amide bonds. The largest absolute Gasteiger partial charge is 0.493 e. The Balaban J connectivity index is 0.00000289. The quantitative estimate of drug-likeness (QED) is 0.511. The molecule has 1 aliphatic rings. The number of nitrogens with one attached hydrogen (secondary N) is 2. The zero-order valence-electron chi connectivity index (χ0n) is 17.2. The molecule has 0 unspecified atom stereocenters. The fraction of sp³-hybridized carbons (Fsp3) is 0.286. The summed E-state index contributed by atoms with van der Waals surface area (Å²) in [4.78, 5) is 20.3. The minimum atomic E-state index is -0.577. The van der Waals surface area contributed by atoms with Crippen molar-refractivity contribution in [3.63, 3.8) is 0 Å². The number of anilines is 2. The van der Waals surface area contributed by atoms with Crippen molar-refractivity contribution in [1.29, 1.82) is 0 Å². The van der Waals surface area contributed by atoms with Gasteiger partial charge in [0.15, 0.2) is 17.3 Å². The average Bonchev–Trinajstić information content (AvgIpc) is 3.25. The minimum Gasteiger partial charge on any atom is -0.493 e. The molecule has 170 valence electrons.